The van der Waals surface area contributed by atoms with Crippen molar-refractivity contribution in [1.82, 2.24) is 0 Å². The second kappa shape index (κ2) is 9.89. The smallest absolute Gasteiger partial charge is 0.264 e. The fourth-order valence-corrected chi connectivity index (χ4v) is 2.06. The largest absolute Gasteiger partial charge is 0.378 e. The molecular weight excluding hydrogens is 292 g/mol. The van der Waals surface area contributed by atoms with Crippen molar-refractivity contribution in [2.45, 2.75) is 32.5 Å². The van der Waals surface area contributed by atoms with E-state index in [1.165, 1.54) is 0 Å². The van der Waals surface area contributed by atoms with Gasteiger partial charge in [-0.25, -0.2) is 0 Å². The van der Waals surface area contributed by atoms with Gasteiger partial charge in [0.25, 0.3) is 10.1 Å². The van der Waals surface area contributed by atoms with E-state index in [-0.39, 0.29) is 12.7 Å². The first-order valence-electron chi connectivity index (χ1n) is 7.05. The zero-order chi connectivity index (χ0) is 15.6. The standard InChI is InChI=1S/C15H24O5S/c1-14(9-12-20-21(2,16)17)19-11-6-10-18-13-15-7-4-3-5-8-15/h3-5,7-8,14H,6,9-13H2,1-2H3. The number of rotatable bonds is 11. The van der Waals surface area contributed by atoms with E-state index in [9.17, 15) is 8.42 Å². The first kappa shape index (κ1) is 18.1. The van der Waals surface area contributed by atoms with Crippen molar-refractivity contribution in [1.29, 1.82) is 0 Å². The number of benzene rings is 1. The van der Waals surface area contributed by atoms with Crippen LogP contribution in [0, 0.1) is 0 Å². The highest BCUT2D eigenvalue weighted by atomic mass is 32.2. The zero-order valence-electron chi connectivity index (χ0n) is 12.7. The first-order valence-corrected chi connectivity index (χ1v) is 8.86. The average Bonchev–Trinajstić information content (AvgIpc) is 2.42. The van der Waals surface area contributed by atoms with Crippen LogP contribution in [-0.4, -0.2) is 40.6 Å². The lowest BCUT2D eigenvalue weighted by Gasteiger charge is -2.12. The molecule has 21 heavy (non-hydrogen) atoms. The molecular formula is C15H24O5S. The molecule has 0 radical (unpaired) electrons. The lowest BCUT2D eigenvalue weighted by molar-refractivity contribution is 0.0299. The second-order valence-electron chi connectivity index (χ2n) is 4.89. The molecule has 0 saturated heterocycles. The molecule has 1 rings (SSSR count). The fraction of sp³-hybridized carbons (Fsp3) is 0.600. The van der Waals surface area contributed by atoms with Gasteiger partial charge in [0.1, 0.15) is 0 Å². The van der Waals surface area contributed by atoms with Gasteiger partial charge in [-0.1, -0.05) is 30.3 Å². The van der Waals surface area contributed by atoms with Crippen LogP contribution in [0.5, 0.6) is 0 Å². The monoisotopic (exact) mass is 316 g/mol. The topological polar surface area (TPSA) is 61.8 Å². The Balaban J connectivity index is 1.96. The van der Waals surface area contributed by atoms with Crippen LogP contribution in [0.25, 0.3) is 0 Å². The summed E-state index contributed by atoms with van der Waals surface area (Å²) in [6.07, 6.45) is 2.38. The maximum atomic E-state index is 10.8. The van der Waals surface area contributed by atoms with Gasteiger partial charge in [-0.15, -0.1) is 0 Å². The van der Waals surface area contributed by atoms with Crippen molar-refractivity contribution in [3.63, 3.8) is 0 Å². The summed E-state index contributed by atoms with van der Waals surface area (Å²) in [5, 5.41) is 0. The van der Waals surface area contributed by atoms with Gasteiger partial charge in [-0.3, -0.25) is 4.18 Å². The third-order valence-corrected chi connectivity index (χ3v) is 3.36. The van der Waals surface area contributed by atoms with Crippen LogP contribution in [0.3, 0.4) is 0 Å². The Morgan fingerprint density at radius 1 is 1.10 bits per heavy atom. The predicted molar refractivity (Wildman–Crippen MR) is 81.5 cm³/mol. The summed E-state index contributed by atoms with van der Waals surface area (Å²) in [5.41, 5.74) is 1.16. The summed E-state index contributed by atoms with van der Waals surface area (Å²) in [5.74, 6) is 0. The van der Waals surface area contributed by atoms with E-state index in [4.69, 9.17) is 9.47 Å². The van der Waals surface area contributed by atoms with Gasteiger partial charge < -0.3 is 9.47 Å². The third kappa shape index (κ3) is 10.4. The third-order valence-electron chi connectivity index (χ3n) is 2.77. The van der Waals surface area contributed by atoms with Crippen molar-refractivity contribution in [3.05, 3.63) is 35.9 Å². The molecule has 0 aromatic heterocycles. The fourth-order valence-electron chi connectivity index (χ4n) is 1.66. The van der Waals surface area contributed by atoms with Crippen molar-refractivity contribution >= 4 is 10.1 Å². The number of ether oxygens (including phenoxy) is 2. The normalized spacial score (nSPS) is 13.2. The van der Waals surface area contributed by atoms with E-state index in [2.05, 4.69) is 4.18 Å². The van der Waals surface area contributed by atoms with Gasteiger partial charge in [0.15, 0.2) is 0 Å². The zero-order valence-corrected chi connectivity index (χ0v) is 13.5. The van der Waals surface area contributed by atoms with E-state index in [1.54, 1.807) is 0 Å². The molecule has 1 atom stereocenters. The van der Waals surface area contributed by atoms with Crippen molar-refractivity contribution in [3.8, 4) is 0 Å². The van der Waals surface area contributed by atoms with Crippen LogP contribution < -0.4 is 0 Å². The van der Waals surface area contributed by atoms with Gasteiger partial charge in [-0.05, 0) is 25.3 Å². The molecule has 0 spiro atoms. The van der Waals surface area contributed by atoms with Crippen LogP contribution in [-0.2, 0) is 30.4 Å². The average molecular weight is 316 g/mol. The van der Waals surface area contributed by atoms with Crippen LogP contribution in [0.4, 0.5) is 0 Å². The minimum Gasteiger partial charge on any atom is -0.378 e. The molecule has 0 aliphatic carbocycles. The predicted octanol–water partition coefficient (Wildman–Crippen LogP) is 2.36. The Hall–Kier alpha value is -0.950. The van der Waals surface area contributed by atoms with Gasteiger partial charge >= 0.3 is 0 Å². The maximum absolute atomic E-state index is 10.8. The molecule has 0 fully saturated rings. The Morgan fingerprint density at radius 3 is 2.48 bits per heavy atom. The van der Waals surface area contributed by atoms with E-state index >= 15 is 0 Å². The molecule has 1 aromatic carbocycles. The summed E-state index contributed by atoms with van der Waals surface area (Å²) in [4.78, 5) is 0. The highest BCUT2D eigenvalue weighted by Gasteiger charge is 2.06. The highest BCUT2D eigenvalue weighted by Crippen LogP contribution is 2.03. The summed E-state index contributed by atoms with van der Waals surface area (Å²) >= 11 is 0. The second-order valence-corrected chi connectivity index (χ2v) is 6.53. The molecule has 0 saturated carbocycles. The minimum absolute atomic E-state index is 0.0270. The molecule has 0 N–H and O–H groups in total. The molecule has 6 heteroatoms. The van der Waals surface area contributed by atoms with Crippen LogP contribution >= 0.6 is 0 Å². The summed E-state index contributed by atoms with van der Waals surface area (Å²) in [6, 6.07) is 10.0. The van der Waals surface area contributed by atoms with Gasteiger partial charge in [0, 0.05) is 13.2 Å². The number of hydrogen-bond donors (Lipinski definition) is 0. The highest BCUT2D eigenvalue weighted by molar-refractivity contribution is 7.85. The van der Waals surface area contributed by atoms with Crippen molar-refractivity contribution < 1.29 is 22.1 Å². The van der Waals surface area contributed by atoms with Crippen molar-refractivity contribution in [2.75, 3.05) is 26.1 Å². The minimum atomic E-state index is -3.35. The Bertz CT molecular complexity index is 472. The summed E-state index contributed by atoms with van der Waals surface area (Å²) in [7, 11) is -3.35. The molecule has 1 aromatic rings. The first-order chi connectivity index (χ1) is 9.97. The van der Waals surface area contributed by atoms with E-state index < -0.39 is 10.1 Å². The van der Waals surface area contributed by atoms with E-state index in [0.717, 1.165) is 18.2 Å². The molecule has 0 aliphatic rings. The maximum Gasteiger partial charge on any atom is 0.264 e. The van der Waals surface area contributed by atoms with Gasteiger partial charge in [0.05, 0.1) is 25.6 Å². The molecule has 0 bridgehead atoms. The van der Waals surface area contributed by atoms with Crippen LogP contribution in [0.15, 0.2) is 30.3 Å². The molecule has 120 valence electrons. The molecule has 0 heterocycles. The van der Waals surface area contributed by atoms with Crippen LogP contribution in [0.2, 0.25) is 0 Å². The Labute approximate surface area is 127 Å². The van der Waals surface area contributed by atoms with Crippen molar-refractivity contribution in [2.24, 2.45) is 0 Å². The quantitative estimate of drug-likeness (QED) is 0.463. The van der Waals surface area contributed by atoms with Crippen LogP contribution in [0.1, 0.15) is 25.3 Å². The number of hydrogen-bond acceptors (Lipinski definition) is 5. The summed E-state index contributed by atoms with van der Waals surface area (Å²) in [6.45, 7) is 3.90. The van der Waals surface area contributed by atoms with E-state index in [1.807, 2.05) is 37.3 Å². The van der Waals surface area contributed by atoms with Gasteiger partial charge in [-0.2, -0.15) is 8.42 Å². The SMILES string of the molecule is CC(CCOS(C)(=O)=O)OCCCOCc1ccccc1. The van der Waals surface area contributed by atoms with Gasteiger partial charge in [0.2, 0.25) is 0 Å². The molecule has 5 nitrogen and oxygen atoms in total. The lowest BCUT2D eigenvalue weighted by atomic mass is 10.2. The summed E-state index contributed by atoms with van der Waals surface area (Å²) < 4.78 is 37.3. The lowest BCUT2D eigenvalue weighted by Crippen LogP contribution is -2.15. The van der Waals surface area contributed by atoms with E-state index in [0.29, 0.717) is 26.2 Å². The molecule has 1 unspecified atom stereocenters. The molecule has 0 aliphatic heterocycles. The molecule has 0 amide bonds. The Morgan fingerprint density at radius 2 is 1.81 bits per heavy atom. The Kier molecular flexibility index (Phi) is 8.52.